The van der Waals surface area contributed by atoms with Crippen LogP contribution in [0, 0.1) is 17.0 Å². The van der Waals surface area contributed by atoms with Crippen molar-refractivity contribution in [3.8, 4) is 5.75 Å². The monoisotopic (exact) mass is 378 g/mol. The van der Waals surface area contributed by atoms with Crippen molar-refractivity contribution in [2.45, 2.75) is 6.92 Å². The number of pyridine rings is 1. The third-order valence-electron chi connectivity index (χ3n) is 2.82. The second-order valence-electron chi connectivity index (χ2n) is 4.51. The van der Waals surface area contributed by atoms with Gasteiger partial charge in [-0.2, -0.15) is 5.10 Å². The summed E-state index contributed by atoms with van der Waals surface area (Å²) in [6, 6.07) is 5.88. The van der Waals surface area contributed by atoms with Gasteiger partial charge in [0.05, 0.1) is 16.7 Å². The van der Waals surface area contributed by atoms with E-state index in [1.807, 2.05) is 0 Å². The van der Waals surface area contributed by atoms with E-state index in [4.69, 9.17) is 0 Å². The number of halogens is 1. The topological polar surface area (TPSA) is 118 Å². The van der Waals surface area contributed by atoms with Gasteiger partial charge < -0.3 is 5.11 Å². The maximum absolute atomic E-state index is 11.8. The largest absolute Gasteiger partial charge is 0.502 e. The Hall–Kier alpha value is -2.81. The van der Waals surface area contributed by atoms with Gasteiger partial charge in [0, 0.05) is 28.0 Å². The molecule has 0 unspecified atom stereocenters. The van der Waals surface area contributed by atoms with Gasteiger partial charge in [-0.25, -0.2) is 5.43 Å². The van der Waals surface area contributed by atoms with Gasteiger partial charge in [-0.15, -0.1) is 0 Å². The van der Waals surface area contributed by atoms with Gasteiger partial charge in [-0.1, -0.05) is 15.9 Å². The molecule has 9 heteroatoms. The number of aromatic hydroxyl groups is 1. The molecule has 0 spiro atoms. The first kappa shape index (κ1) is 16.6. The van der Waals surface area contributed by atoms with Gasteiger partial charge >= 0.3 is 5.69 Å². The number of hydrogen-bond acceptors (Lipinski definition) is 6. The Bertz CT molecular complexity index is 790. The Morgan fingerprint density at radius 1 is 1.48 bits per heavy atom. The van der Waals surface area contributed by atoms with Crippen LogP contribution < -0.4 is 5.43 Å². The highest BCUT2D eigenvalue weighted by Gasteiger charge is 2.17. The summed E-state index contributed by atoms with van der Waals surface area (Å²) >= 11 is 3.11. The van der Waals surface area contributed by atoms with E-state index in [1.165, 1.54) is 18.3 Å². The van der Waals surface area contributed by atoms with Gasteiger partial charge in [0.2, 0.25) is 5.75 Å². The minimum Gasteiger partial charge on any atom is -0.502 e. The van der Waals surface area contributed by atoms with Crippen LogP contribution in [0.5, 0.6) is 5.75 Å². The molecule has 1 heterocycles. The molecule has 0 aliphatic carbocycles. The molecule has 1 aromatic carbocycles. The lowest BCUT2D eigenvalue weighted by Crippen LogP contribution is -2.17. The molecule has 2 aromatic rings. The van der Waals surface area contributed by atoms with Gasteiger partial charge in [-0.05, 0) is 25.1 Å². The first-order chi connectivity index (χ1) is 10.9. The van der Waals surface area contributed by atoms with Crippen molar-refractivity contribution in [2.24, 2.45) is 5.10 Å². The lowest BCUT2D eigenvalue weighted by molar-refractivity contribution is -0.385. The lowest BCUT2D eigenvalue weighted by Gasteiger charge is -2.02. The molecule has 0 saturated carbocycles. The minimum absolute atomic E-state index is 0.0911. The number of hydrogen-bond donors (Lipinski definition) is 2. The number of rotatable bonds is 4. The Balaban J connectivity index is 2.16. The van der Waals surface area contributed by atoms with Crippen LogP contribution in [-0.4, -0.2) is 27.1 Å². The Labute approximate surface area is 139 Å². The predicted octanol–water partition coefficient (Wildman–Crippen LogP) is 2.53. The number of nitrogens with zero attached hydrogens (tertiary/aromatic N) is 3. The molecule has 0 aliphatic rings. The smallest absolute Gasteiger partial charge is 0.312 e. The molecule has 0 fully saturated rings. The number of amides is 1. The summed E-state index contributed by atoms with van der Waals surface area (Å²) in [7, 11) is 0. The van der Waals surface area contributed by atoms with Crippen molar-refractivity contribution >= 4 is 33.7 Å². The van der Waals surface area contributed by atoms with E-state index in [2.05, 4.69) is 31.4 Å². The maximum atomic E-state index is 11.8. The summed E-state index contributed by atoms with van der Waals surface area (Å²) in [5, 5.41) is 24.3. The van der Waals surface area contributed by atoms with Gasteiger partial charge in [0.1, 0.15) is 0 Å². The second-order valence-corrected chi connectivity index (χ2v) is 5.42. The van der Waals surface area contributed by atoms with Crippen molar-refractivity contribution in [1.82, 2.24) is 10.4 Å². The summed E-state index contributed by atoms with van der Waals surface area (Å²) in [5.74, 6) is -1.02. The summed E-state index contributed by atoms with van der Waals surface area (Å²) in [4.78, 5) is 25.9. The quantitative estimate of drug-likeness (QED) is 0.481. The molecule has 1 aromatic heterocycles. The van der Waals surface area contributed by atoms with Gasteiger partial charge in [0.25, 0.3) is 5.91 Å². The molecular weight excluding hydrogens is 368 g/mol. The number of carbonyl (C=O) groups is 1. The second kappa shape index (κ2) is 6.97. The molecule has 0 atom stereocenters. The molecule has 2 rings (SSSR count). The van der Waals surface area contributed by atoms with Crippen molar-refractivity contribution < 1.29 is 14.8 Å². The van der Waals surface area contributed by atoms with Crippen LogP contribution in [0.25, 0.3) is 0 Å². The van der Waals surface area contributed by atoms with Crippen LogP contribution in [0.2, 0.25) is 0 Å². The zero-order valence-electron chi connectivity index (χ0n) is 11.9. The van der Waals surface area contributed by atoms with E-state index in [1.54, 1.807) is 19.1 Å². The van der Waals surface area contributed by atoms with Crippen LogP contribution in [0.3, 0.4) is 0 Å². The number of phenols is 1. The number of nitro groups is 1. The molecular formula is C14H11BrN4O4. The molecule has 8 nitrogen and oxygen atoms in total. The predicted molar refractivity (Wildman–Crippen MR) is 86.5 cm³/mol. The van der Waals surface area contributed by atoms with Crippen LogP contribution >= 0.6 is 15.9 Å². The minimum atomic E-state index is -0.714. The zero-order chi connectivity index (χ0) is 17.0. The standard InChI is InChI=1S/C14H11BrN4O4/c1-8-2-3-9(6-16-8)14(21)18-17-7-10-4-11(15)5-12(13(10)20)19(22)23/h2-7,20H,1H3,(H,18,21)/b17-7-. The molecule has 0 saturated heterocycles. The molecule has 0 bridgehead atoms. The number of benzene rings is 1. The fourth-order valence-electron chi connectivity index (χ4n) is 1.67. The summed E-state index contributed by atoms with van der Waals surface area (Å²) in [6.07, 6.45) is 2.52. The molecule has 0 aliphatic heterocycles. The molecule has 0 radical (unpaired) electrons. The highest BCUT2D eigenvalue weighted by atomic mass is 79.9. The number of hydrazone groups is 1. The SMILES string of the molecule is Cc1ccc(C(=O)N/N=C\c2cc(Br)cc([N+](=O)[O-])c2O)cn1. The zero-order valence-corrected chi connectivity index (χ0v) is 13.4. The molecule has 2 N–H and O–H groups in total. The highest BCUT2D eigenvalue weighted by molar-refractivity contribution is 9.10. The Morgan fingerprint density at radius 2 is 2.22 bits per heavy atom. The average Bonchev–Trinajstić information content (AvgIpc) is 2.50. The number of carbonyl (C=O) groups excluding carboxylic acids is 1. The van der Waals surface area contributed by atoms with Gasteiger partial charge in [0.15, 0.2) is 0 Å². The van der Waals surface area contributed by atoms with Crippen molar-refractivity contribution in [3.05, 3.63) is 61.9 Å². The molecule has 1 amide bonds. The first-order valence-corrected chi connectivity index (χ1v) is 7.10. The fourth-order valence-corrected chi connectivity index (χ4v) is 2.13. The summed E-state index contributed by atoms with van der Waals surface area (Å²) < 4.78 is 0.400. The van der Waals surface area contributed by atoms with Crippen LogP contribution in [0.4, 0.5) is 5.69 Å². The molecule has 118 valence electrons. The molecule has 23 heavy (non-hydrogen) atoms. The Morgan fingerprint density at radius 3 is 2.83 bits per heavy atom. The third kappa shape index (κ3) is 4.10. The van der Waals surface area contributed by atoms with E-state index in [9.17, 15) is 20.0 Å². The number of nitrogens with one attached hydrogen (secondary N) is 1. The van der Waals surface area contributed by atoms with Gasteiger partial charge in [-0.3, -0.25) is 19.9 Å². The maximum Gasteiger partial charge on any atom is 0.312 e. The van der Waals surface area contributed by atoms with E-state index < -0.39 is 22.3 Å². The van der Waals surface area contributed by atoms with E-state index >= 15 is 0 Å². The number of aromatic nitrogens is 1. The fraction of sp³-hybridized carbons (Fsp3) is 0.0714. The number of phenolic OH excluding ortho intramolecular Hbond substituents is 1. The highest BCUT2D eigenvalue weighted by Crippen LogP contribution is 2.32. The average molecular weight is 379 g/mol. The first-order valence-electron chi connectivity index (χ1n) is 6.31. The number of nitro benzene ring substituents is 1. The number of aryl methyl sites for hydroxylation is 1. The third-order valence-corrected chi connectivity index (χ3v) is 3.28. The van der Waals surface area contributed by atoms with Crippen molar-refractivity contribution in [1.29, 1.82) is 0 Å². The van der Waals surface area contributed by atoms with Crippen molar-refractivity contribution in [2.75, 3.05) is 0 Å². The normalized spacial score (nSPS) is 10.7. The Kier molecular flexibility index (Phi) is 5.02. The van der Waals surface area contributed by atoms with E-state index in [-0.39, 0.29) is 5.56 Å². The van der Waals surface area contributed by atoms with Crippen molar-refractivity contribution in [3.63, 3.8) is 0 Å². The van der Waals surface area contributed by atoms with Crippen LogP contribution in [0.1, 0.15) is 21.6 Å². The summed E-state index contributed by atoms with van der Waals surface area (Å²) in [6.45, 7) is 1.79. The summed E-state index contributed by atoms with van der Waals surface area (Å²) in [5.41, 5.74) is 2.98. The van der Waals surface area contributed by atoms with Crippen LogP contribution in [0.15, 0.2) is 40.0 Å². The lowest BCUT2D eigenvalue weighted by atomic mass is 10.2. The van der Waals surface area contributed by atoms with E-state index in [0.717, 1.165) is 11.9 Å². The van der Waals surface area contributed by atoms with E-state index in [0.29, 0.717) is 10.0 Å². The van der Waals surface area contributed by atoms with Crippen LogP contribution in [-0.2, 0) is 0 Å².